The number of ether oxygens (including phenoxy) is 1. The quantitative estimate of drug-likeness (QED) is 0.750. The van der Waals surface area contributed by atoms with E-state index in [0.717, 1.165) is 23.9 Å². The number of amides is 2. The largest absolute Gasteiger partial charge is 0.484 e. The fraction of sp³-hybridized carbons (Fsp3) is 0.222. The number of nitrogens with one attached hydrogen (secondary N) is 1. The summed E-state index contributed by atoms with van der Waals surface area (Å²) < 4.78 is 31.4. The van der Waals surface area contributed by atoms with Gasteiger partial charge in [0.2, 0.25) is 5.91 Å². The Morgan fingerprint density at radius 1 is 1.12 bits per heavy atom. The fourth-order valence-corrected chi connectivity index (χ4v) is 2.57. The van der Waals surface area contributed by atoms with Gasteiger partial charge in [0.05, 0.1) is 5.75 Å². The average molecular weight is 380 g/mol. The van der Waals surface area contributed by atoms with Gasteiger partial charge >= 0.3 is 0 Å². The molecule has 0 bridgehead atoms. The summed E-state index contributed by atoms with van der Waals surface area (Å²) in [6, 6.07) is 10.1. The molecule has 1 N–H and O–H groups in total. The van der Waals surface area contributed by atoms with Crippen LogP contribution in [0.3, 0.4) is 0 Å². The SMILES string of the molecule is CN(C)C(=O)COc1cccc(NC(=O)CSc2ccc(F)c(F)c2)c1. The zero-order valence-electron chi connectivity index (χ0n) is 14.3. The Morgan fingerprint density at radius 2 is 1.88 bits per heavy atom. The van der Waals surface area contributed by atoms with Gasteiger partial charge in [-0.2, -0.15) is 0 Å². The number of rotatable bonds is 7. The van der Waals surface area contributed by atoms with E-state index < -0.39 is 11.6 Å². The number of benzene rings is 2. The van der Waals surface area contributed by atoms with E-state index in [9.17, 15) is 18.4 Å². The van der Waals surface area contributed by atoms with Crippen LogP contribution in [0.15, 0.2) is 47.4 Å². The second-order valence-electron chi connectivity index (χ2n) is 5.52. The molecule has 2 rings (SSSR count). The van der Waals surface area contributed by atoms with E-state index >= 15 is 0 Å². The minimum Gasteiger partial charge on any atom is -0.484 e. The van der Waals surface area contributed by atoms with E-state index in [1.807, 2.05) is 0 Å². The van der Waals surface area contributed by atoms with E-state index in [0.29, 0.717) is 16.3 Å². The van der Waals surface area contributed by atoms with Crippen molar-refractivity contribution in [3.63, 3.8) is 0 Å². The second-order valence-corrected chi connectivity index (χ2v) is 6.57. The summed E-state index contributed by atoms with van der Waals surface area (Å²) in [7, 11) is 3.26. The van der Waals surface area contributed by atoms with Crippen molar-refractivity contribution < 1.29 is 23.1 Å². The summed E-state index contributed by atoms with van der Waals surface area (Å²) in [5.41, 5.74) is 0.510. The number of halogens is 2. The number of carbonyl (C=O) groups is 2. The van der Waals surface area contributed by atoms with Crippen LogP contribution < -0.4 is 10.1 Å². The standard InChI is InChI=1S/C18H18F2N2O3S/c1-22(2)18(24)10-25-13-5-3-4-12(8-13)21-17(23)11-26-14-6-7-15(19)16(20)9-14/h3-9H,10-11H2,1-2H3,(H,21,23). The maximum atomic E-state index is 13.1. The maximum Gasteiger partial charge on any atom is 0.259 e. The minimum atomic E-state index is -0.951. The molecule has 0 atom stereocenters. The molecule has 0 aliphatic rings. The minimum absolute atomic E-state index is 0.0370. The van der Waals surface area contributed by atoms with Crippen LogP contribution in [0.2, 0.25) is 0 Å². The van der Waals surface area contributed by atoms with Crippen molar-refractivity contribution in [1.29, 1.82) is 0 Å². The number of carbonyl (C=O) groups excluding carboxylic acids is 2. The van der Waals surface area contributed by atoms with Crippen LogP contribution in [-0.4, -0.2) is 43.2 Å². The van der Waals surface area contributed by atoms with Crippen LogP contribution in [0.1, 0.15) is 0 Å². The number of hydrogen-bond acceptors (Lipinski definition) is 4. The Bertz CT molecular complexity index is 800. The highest BCUT2D eigenvalue weighted by Crippen LogP contribution is 2.21. The predicted octanol–water partition coefficient (Wildman–Crippen LogP) is 3.16. The third kappa shape index (κ3) is 6.03. The maximum absolute atomic E-state index is 13.1. The third-order valence-corrected chi connectivity index (χ3v) is 4.23. The first-order valence-corrected chi connectivity index (χ1v) is 8.64. The first-order chi connectivity index (χ1) is 12.3. The van der Waals surface area contributed by atoms with Gasteiger partial charge in [-0.05, 0) is 30.3 Å². The normalized spacial score (nSPS) is 10.3. The van der Waals surface area contributed by atoms with E-state index in [1.54, 1.807) is 38.4 Å². The van der Waals surface area contributed by atoms with Crippen molar-refractivity contribution >= 4 is 29.3 Å². The summed E-state index contributed by atoms with van der Waals surface area (Å²) in [6.07, 6.45) is 0. The van der Waals surface area contributed by atoms with Crippen LogP contribution in [0, 0.1) is 11.6 Å². The fourth-order valence-electron chi connectivity index (χ4n) is 1.85. The molecule has 8 heteroatoms. The molecular weight excluding hydrogens is 362 g/mol. The van der Waals surface area contributed by atoms with Crippen molar-refractivity contribution in [2.24, 2.45) is 0 Å². The van der Waals surface area contributed by atoms with Crippen molar-refractivity contribution in [3.05, 3.63) is 54.1 Å². The van der Waals surface area contributed by atoms with Crippen LogP contribution in [0.4, 0.5) is 14.5 Å². The van der Waals surface area contributed by atoms with Gasteiger partial charge in [-0.15, -0.1) is 11.8 Å². The van der Waals surface area contributed by atoms with Gasteiger partial charge in [0.15, 0.2) is 18.2 Å². The number of hydrogen-bond donors (Lipinski definition) is 1. The van der Waals surface area contributed by atoms with Gasteiger partial charge in [0, 0.05) is 30.7 Å². The lowest BCUT2D eigenvalue weighted by Gasteiger charge is -2.12. The van der Waals surface area contributed by atoms with E-state index in [2.05, 4.69) is 5.32 Å². The number of thioether (sulfide) groups is 1. The molecule has 2 aromatic rings. The van der Waals surface area contributed by atoms with Crippen molar-refractivity contribution in [1.82, 2.24) is 4.90 Å². The van der Waals surface area contributed by atoms with Crippen LogP contribution in [-0.2, 0) is 9.59 Å². The zero-order chi connectivity index (χ0) is 19.1. The molecule has 0 fully saturated rings. The average Bonchev–Trinajstić information content (AvgIpc) is 2.61. The number of nitrogens with zero attached hydrogens (tertiary/aromatic N) is 1. The van der Waals surface area contributed by atoms with E-state index in [-0.39, 0.29) is 24.2 Å². The Hall–Kier alpha value is -2.61. The van der Waals surface area contributed by atoms with Gasteiger partial charge in [-0.1, -0.05) is 6.07 Å². The lowest BCUT2D eigenvalue weighted by Crippen LogP contribution is -2.27. The van der Waals surface area contributed by atoms with E-state index in [1.165, 1.54) is 11.0 Å². The highest BCUT2D eigenvalue weighted by molar-refractivity contribution is 8.00. The molecule has 0 aliphatic carbocycles. The Labute approximate surface area is 154 Å². The molecule has 0 aromatic heterocycles. The molecule has 5 nitrogen and oxygen atoms in total. The molecule has 0 saturated heterocycles. The zero-order valence-corrected chi connectivity index (χ0v) is 15.1. The molecule has 0 heterocycles. The first kappa shape index (κ1) is 19.7. The predicted molar refractivity (Wildman–Crippen MR) is 96.3 cm³/mol. The van der Waals surface area contributed by atoms with Crippen molar-refractivity contribution in [2.45, 2.75) is 4.90 Å². The topological polar surface area (TPSA) is 58.6 Å². The Morgan fingerprint density at radius 3 is 2.58 bits per heavy atom. The van der Waals surface area contributed by atoms with Gasteiger partial charge in [0.25, 0.3) is 5.91 Å². The monoisotopic (exact) mass is 380 g/mol. The van der Waals surface area contributed by atoms with Gasteiger partial charge in [0.1, 0.15) is 5.75 Å². The molecule has 0 radical (unpaired) electrons. The lowest BCUT2D eigenvalue weighted by atomic mass is 10.3. The molecular formula is C18H18F2N2O3S. The molecule has 138 valence electrons. The highest BCUT2D eigenvalue weighted by Gasteiger charge is 2.08. The van der Waals surface area contributed by atoms with Gasteiger partial charge in [-0.3, -0.25) is 9.59 Å². The number of anilines is 1. The van der Waals surface area contributed by atoms with Crippen LogP contribution in [0.25, 0.3) is 0 Å². The molecule has 0 saturated carbocycles. The molecule has 0 spiro atoms. The van der Waals surface area contributed by atoms with E-state index in [4.69, 9.17) is 4.74 Å². The van der Waals surface area contributed by atoms with Crippen LogP contribution in [0.5, 0.6) is 5.75 Å². The Balaban J connectivity index is 1.87. The summed E-state index contributed by atoms with van der Waals surface area (Å²) >= 11 is 1.09. The Kier molecular flexibility index (Phi) is 6.97. The molecule has 26 heavy (non-hydrogen) atoms. The molecule has 0 aliphatic heterocycles. The molecule has 0 unspecified atom stereocenters. The smallest absolute Gasteiger partial charge is 0.259 e. The van der Waals surface area contributed by atoms with Gasteiger partial charge < -0.3 is 15.0 Å². The second kappa shape index (κ2) is 9.19. The highest BCUT2D eigenvalue weighted by atomic mass is 32.2. The van der Waals surface area contributed by atoms with Gasteiger partial charge in [-0.25, -0.2) is 8.78 Å². The third-order valence-electron chi connectivity index (χ3n) is 3.24. The summed E-state index contributed by atoms with van der Waals surface area (Å²) in [6.45, 7) is -0.101. The van der Waals surface area contributed by atoms with Crippen molar-refractivity contribution in [3.8, 4) is 5.75 Å². The molecule has 2 aromatic carbocycles. The summed E-state index contributed by atoms with van der Waals surface area (Å²) in [5, 5.41) is 2.69. The summed E-state index contributed by atoms with van der Waals surface area (Å²) in [5.74, 6) is -1.87. The molecule has 2 amide bonds. The van der Waals surface area contributed by atoms with Crippen molar-refractivity contribution in [2.75, 3.05) is 31.8 Å². The number of likely N-dealkylation sites (N-methyl/N-ethyl adjacent to an activating group) is 1. The lowest BCUT2D eigenvalue weighted by molar-refractivity contribution is -0.130. The first-order valence-electron chi connectivity index (χ1n) is 7.66. The summed E-state index contributed by atoms with van der Waals surface area (Å²) in [4.78, 5) is 25.4. The van der Waals surface area contributed by atoms with Crippen LogP contribution >= 0.6 is 11.8 Å².